The molecule has 0 aliphatic rings. The molecule has 0 radical (unpaired) electrons. The number of hydrogen-bond acceptors (Lipinski definition) is 3. The molecule has 0 aliphatic carbocycles. The number of carbonyl (C=O) groups excluding carboxylic acids is 1. The lowest BCUT2D eigenvalue weighted by molar-refractivity contribution is -0.112. The lowest BCUT2D eigenvalue weighted by Gasteiger charge is -2.06. The SMILES string of the molecule is CCn1nc(C)c(/C=C(/C#N)C(=O)Nc2ccccc2Cl)c1C. The lowest BCUT2D eigenvalue weighted by atomic mass is 10.1. The molecule has 0 saturated carbocycles. The number of amides is 1. The number of halogens is 1. The van der Waals surface area contributed by atoms with Crippen LogP contribution >= 0.6 is 11.6 Å². The van der Waals surface area contributed by atoms with Crippen molar-refractivity contribution in [3.63, 3.8) is 0 Å². The zero-order chi connectivity index (χ0) is 17.0. The maximum absolute atomic E-state index is 12.3. The number of hydrogen-bond donors (Lipinski definition) is 1. The smallest absolute Gasteiger partial charge is 0.266 e. The van der Waals surface area contributed by atoms with Gasteiger partial charge in [-0.15, -0.1) is 0 Å². The van der Waals surface area contributed by atoms with Gasteiger partial charge in [-0.25, -0.2) is 0 Å². The number of nitriles is 1. The standard InChI is InChI=1S/C17H17ClN4O/c1-4-22-12(3)14(11(2)21-22)9-13(10-19)17(23)20-16-8-6-5-7-15(16)18/h5-9H,4H2,1-3H3,(H,20,23)/b13-9-. The Bertz CT molecular complexity index is 814. The molecule has 6 heteroatoms. The van der Waals surface area contributed by atoms with Crippen molar-refractivity contribution in [3.8, 4) is 6.07 Å². The summed E-state index contributed by atoms with van der Waals surface area (Å²) in [5.41, 5.74) is 2.97. The van der Waals surface area contributed by atoms with Gasteiger partial charge in [0, 0.05) is 17.8 Å². The fourth-order valence-electron chi connectivity index (χ4n) is 2.27. The lowest BCUT2D eigenvalue weighted by Crippen LogP contribution is -2.13. The quantitative estimate of drug-likeness (QED) is 0.687. The molecule has 0 unspecified atom stereocenters. The van der Waals surface area contributed by atoms with Crippen LogP contribution in [0.15, 0.2) is 29.8 Å². The molecule has 0 atom stereocenters. The summed E-state index contributed by atoms with van der Waals surface area (Å²) in [5, 5.41) is 16.8. The molecule has 5 nitrogen and oxygen atoms in total. The number of benzene rings is 1. The van der Waals surface area contributed by atoms with Crippen LogP contribution < -0.4 is 5.32 Å². The van der Waals surface area contributed by atoms with E-state index in [1.54, 1.807) is 30.3 Å². The minimum Gasteiger partial charge on any atom is -0.320 e. The van der Waals surface area contributed by atoms with Crippen molar-refractivity contribution in [3.05, 3.63) is 51.8 Å². The molecular weight excluding hydrogens is 312 g/mol. The van der Waals surface area contributed by atoms with Crippen LogP contribution in [-0.2, 0) is 11.3 Å². The molecule has 0 aliphatic heterocycles. The van der Waals surface area contributed by atoms with Crippen LogP contribution in [0.5, 0.6) is 0 Å². The third kappa shape index (κ3) is 3.61. The first-order chi connectivity index (χ1) is 11.0. The highest BCUT2D eigenvalue weighted by Crippen LogP contribution is 2.22. The number of aromatic nitrogens is 2. The van der Waals surface area contributed by atoms with Crippen molar-refractivity contribution in [2.45, 2.75) is 27.3 Å². The van der Waals surface area contributed by atoms with E-state index in [0.717, 1.165) is 23.5 Å². The predicted octanol–water partition coefficient (Wildman–Crippen LogP) is 3.72. The Morgan fingerprint density at radius 1 is 1.43 bits per heavy atom. The van der Waals surface area contributed by atoms with Crippen LogP contribution in [0.25, 0.3) is 6.08 Å². The monoisotopic (exact) mass is 328 g/mol. The molecular formula is C17H17ClN4O. The fraction of sp³-hybridized carbons (Fsp3) is 0.235. The van der Waals surface area contributed by atoms with Gasteiger partial charge in [0.05, 0.1) is 16.4 Å². The highest BCUT2D eigenvalue weighted by Gasteiger charge is 2.15. The van der Waals surface area contributed by atoms with Gasteiger partial charge in [-0.1, -0.05) is 23.7 Å². The van der Waals surface area contributed by atoms with E-state index in [0.29, 0.717) is 10.7 Å². The molecule has 1 aromatic heterocycles. The summed E-state index contributed by atoms with van der Waals surface area (Å²) in [5.74, 6) is -0.497. The van der Waals surface area contributed by atoms with Crippen molar-refractivity contribution >= 4 is 29.3 Å². The molecule has 1 N–H and O–H groups in total. The molecule has 2 rings (SSSR count). The summed E-state index contributed by atoms with van der Waals surface area (Å²) in [4.78, 5) is 12.3. The van der Waals surface area contributed by atoms with Gasteiger partial charge in [0.15, 0.2) is 0 Å². The number of para-hydroxylation sites is 1. The zero-order valence-corrected chi connectivity index (χ0v) is 14.0. The van der Waals surface area contributed by atoms with Crippen LogP contribution in [0.4, 0.5) is 5.69 Å². The van der Waals surface area contributed by atoms with Crippen LogP contribution in [0.1, 0.15) is 23.9 Å². The Labute approximate surface area is 140 Å². The Morgan fingerprint density at radius 3 is 2.70 bits per heavy atom. The second-order valence-electron chi connectivity index (χ2n) is 5.00. The molecule has 1 amide bonds. The Balaban J connectivity index is 2.33. The number of rotatable bonds is 4. The first kappa shape index (κ1) is 16.8. The fourth-order valence-corrected chi connectivity index (χ4v) is 2.46. The molecule has 1 aromatic carbocycles. The van der Waals surface area contributed by atoms with Crippen molar-refractivity contribution in [2.24, 2.45) is 0 Å². The van der Waals surface area contributed by atoms with Gasteiger partial charge in [0.25, 0.3) is 5.91 Å². The minimum absolute atomic E-state index is 0.00627. The average molecular weight is 329 g/mol. The van der Waals surface area contributed by atoms with Gasteiger partial charge in [-0.05, 0) is 39.0 Å². The summed E-state index contributed by atoms with van der Waals surface area (Å²) in [6.07, 6.45) is 1.57. The molecule has 0 saturated heterocycles. The average Bonchev–Trinajstić information content (AvgIpc) is 2.81. The van der Waals surface area contributed by atoms with E-state index in [-0.39, 0.29) is 5.57 Å². The molecule has 2 aromatic rings. The third-order valence-electron chi connectivity index (χ3n) is 3.51. The van der Waals surface area contributed by atoms with E-state index < -0.39 is 5.91 Å². The van der Waals surface area contributed by atoms with Crippen LogP contribution in [0.2, 0.25) is 5.02 Å². The Morgan fingerprint density at radius 2 is 2.13 bits per heavy atom. The largest absolute Gasteiger partial charge is 0.320 e. The number of carbonyl (C=O) groups is 1. The number of anilines is 1. The van der Waals surface area contributed by atoms with E-state index in [1.807, 2.05) is 31.5 Å². The Hall–Kier alpha value is -2.58. The highest BCUT2D eigenvalue weighted by atomic mass is 35.5. The second kappa shape index (κ2) is 7.12. The normalized spacial score (nSPS) is 11.2. The van der Waals surface area contributed by atoms with Gasteiger partial charge in [0.2, 0.25) is 0 Å². The van der Waals surface area contributed by atoms with Crippen molar-refractivity contribution in [2.75, 3.05) is 5.32 Å². The van der Waals surface area contributed by atoms with E-state index in [1.165, 1.54) is 0 Å². The second-order valence-corrected chi connectivity index (χ2v) is 5.41. The van der Waals surface area contributed by atoms with Gasteiger partial charge >= 0.3 is 0 Å². The van der Waals surface area contributed by atoms with Gasteiger partial charge in [-0.2, -0.15) is 10.4 Å². The first-order valence-electron chi connectivity index (χ1n) is 7.19. The third-order valence-corrected chi connectivity index (χ3v) is 3.84. The first-order valence-corrected chi connectivity index (χ1v) is 7.57. The maximum Gasteiger partial charge on any atom is 0.266 e. The summed E-state index contributed by atoms with van der Waals surface area (Å²) in [7, 11) is 0. The molecule has 23 heavy (non-hydrogen) atoms. The van der Waals surface area contributed by atoms with E-state index >= 15 is 0 Å². The summed E-state index contributed by atoms with van der Waals surface area (Å²) in [6, 6.07) is 8.82. The molecule has 0 bridgehead atoms. The Kier molecular flexibility index (Phi) is 5.20. The minimum atomic E-state index is -0.497. The van der Waals surface area contributed by atoms with Crippen LogP contribution in [0, 0.1) is 25.2 Å². The number of nitrogens with zero attached hydrogens (tertiary/aromatic N) is 3. The summed E-state index contributed by atoms with van der Waals surface area (Å²) >= 11 is 6.02. The number of aryl methyl sites for hydroxylation is 2. The van der Waals surface area contributed by atoms with Crippen molar-refractivity contribution in [1.29, 1.82) is 5.26 Å². The van der Waals surface area contributed by atoms with Crippen LogP contribution in [0.3, 0.4) is 0 Å². The van der Waals surface area contributed by atoms with E-state index in [9.17, 15) is 10.1 Å². The summed E-state index contributed by atoms with van der Waals surface area (Å²) in [6.45, 7) is 6.48. The molecule has 0 fully saturated rings. The molecule has 0 spiro atoms. The molecule has 118 valence electrons. The highest BCUT2D eigenvalue weighted by molar-refractivity contribution is 6.34. The zero-order valence-electron chi connectivity index (χ0n) is 13.2. The van der Waals surface area contributed by atoms with Crippen molar-refractivity contribution in [1.82, 2.24) is 9.78 Å². The van der Waals surface area contributed by atoms with Gasteiger partial charge in [0.1, 0.15) is 11.6 Å². The van der Waals surface area contributed by atoms with Crippen molar-refractivity contribution < 1.29 is 4.79 Å². The van der Waals surface area contributed by atoms with E-state index in [2.05, 4.69) is 10.4 Å². The van der Waals surface area contributed by atoms with Gasteiger partial charge < -0.3 is 5.32 Å². The van der Waals surface area contributed by atoms with E-state index in [4.69, 9.17) is 11.6 Å². The predicted molar refractivity (Wildman–Crippen MR) is 91.0 cm³/mol. The summed E-state index contributed by atoms with van der Waals surface area (Å²) < 4.78 is 1.84. The number of nitrogens with one attached hydrogen (secondary N) is 1. The topological polar surface area (TPSA) is 70.7 Å². The van der Waals surface area contributed by atoms with Crippen LogP contribution in [-0.4, -0.2) is 15.7 Å². The maximum atomic E-state index is 12.3. The van der Waals surface area contributed by atoms with Gasteiger partial charge in [-0.3, -0.25) is 9.48 Å². The molecule has 1 heterocycles.